The highest BCUT2D eigenvalue weighted by Crippen LogP contribution is 2.67. The van der Waals surface area contributed by atoms with Crippen LogP contribution in [-0.2, 0) is 23.8 Å². The van der Waals surface area contributed by atoms with Gasteiger partial charge >= 0.3 is 17.9 Å². The highest BCUT2D eigenvalue weighted by atomic mass is 16.6. The molecule has 1 aromatic rings. The minimum atomic E-state index is -0.974. The van der Waals surface area contributed by atoms with Gasteiger partial charge in [-0.1, -0.05) is 56.4 Å². The van der Waals surface area contributed by atoms with Gasteiger partial charge in [0.1, 0.15) is 18.3 Å². The van der Waals surface area contributed by atoms with E-state index >= 15 is 0 Å². The molecule has 7 nitrogen and oxygen atoms in total. The maximum atomic E-state index is 13.1. The van der Waals surface area contributed by atoms with Crippen molar-refractivity contribution < 1.29 is 33.7 Å². The van der Waals surface area contributed by atoms with Crippen LogP contribution in [0.25, 0.3) is 0 Å². The summed E-state index contributed by atoms with van der Waals surface area (Å²) in [4.78, 5) is 37.6. The summed E-state index contributed by atoms with van der Waals surface area (Å²) in [6.07, 6.45) is 4.82. The second-order valence-corrected chi connectivity index (χ2v) is 11.6. The lowest BCUT2D eigenvalue weighted by molar-refractivity contribution is -0.190. The summed E-state index contributed by atoms with van der Waals surface area (Å²) in [5.41, 5.74) is 0.838. The Morgan fingerprint density at radius 2 is 1.69 bits per heavy atom. The topological polar surface area (TPSA) is 99.1 Å². The molecule has 0 radical (unpaired) electrons. The van der Waals surface area contributed by atoms with Gasteiger partial charge in [0.25, 0.3) is 0 Å². The molecule has 39 heavy (non-hydrogen) atoms. The first kappa shape index (κ1) is 28.8. The van der Waals surface area contributed by atoms with Crippen molar-refractivity contribution in [3.63, 3.8) is 0 Å². The summed E-state index contributed by atoms with van der Waals surface area (Å²) >= 11 is 0. The van der Waals surface area contributed by atoms with Crippen molar-refractivity contribution in [2.45, 2.75) is 84.7 Å². The molecule has 1 aromatic carbocycles. The quantitative estimate of drug-likeness (QED) is 0.217. The molecule has 0 bridgehead atoms. The predicted octanol–water partition coefficient (Wildman–Crippen LogP) is 5.34. The Labute approximate surface area is 230 Å². The molecule has 7 heteroatoms. The van der Waals surface area contributed by atoms with Crippen LogP contribution in [0.2, 0.25) is 0 Å². The van der Waals surface area contributed by atoms with E-state index in [0.717, 1.165) is 5.57 Å². The van der Waals surface area contributed by atoms with Crippen molar-refractivity contribution in [3.05, 3.63) is 71.8 Å². The predicted molar refractivity (Wildman–Crippen MR) is 146 cm³/mol. The molecule has 3 aliphatic rings. The van der Waals surface area contributed by atoms with Gasteiger partial charge in [-0.05, 0) is 67.2 Å². The number of aliphatic hydroxyl groups excluding tert-OH is 1. The van der Waals surface area contributed by atoms with Crippen LogP contribution < -0.4 is 0 Å². The van der Waals surface area contributed by atoms with Crippen LogP contribution in [0.4, 0.5) is 0 Å². The summed E-state index contributed by atoms with van der Waals surface area (Å²) in [5, 5.41) is 11.9. The molecule has 0 heterocycles. The SMILES string of the molecule is C=CC(C)=CCC1(C)C(C)CC(O)C23C(=CC(OC(=O)c4ccccc4)CC12)C(OC(C)=O)CC3OC(C)=O. The van der Waals surface area contributed by atoms with E-state index in [-0.39, 0.29) is 23.7 Å². The number of carbonyl (C=O) groups excluding carboxylic acids is 3. The van der Waals surface area contributed by atoms with Gasteiger partial charge in [-0.15, -0.1) is 0 Å². The second-order valence-electron chi connectivity index (χ2n) is 11.6. The van der Waals surface area contributed by atoms with Crippen molar-refractivity contribution in [1.82, 2.24) is 0 Å². The van der Waals surface area contributed by atoms with Gasteiger partial charge in [-0.2, -0.15) is 0 Å². The standard InChI is InChI=1S/C32H40O7/c1-7-19(2)13-14-31(6)20(3)15-28(35)32-25(26(37-21(4)33)18-29(32)38-22(5)34)16-24(17-27(31)32)39-30(36)23-11-9-8-10-12-23/h7-13,16,20,24,26-29,35H,1,14-15,17-18H2,2-6H3. The van der Waals surface area contributed by atoms with E-state index in [1.54, 1.807) is 24.3 Å². The Morgan fingerprint density at radius 1 is 1.03 bits per heavy atom. The first-order valence-electron chi connectivity index (χ1n) is 13.7. The summed E-state index contributed by atoms with van der Waals surface area (Å²) < 4.78 is 17.7. The highest BCUT2D eigenvalue weighted by molar-refractivity contribution is 5.89. The van der Waals surface area contributed by atoms with E-state index < -0.39 is 47.7 Å². The molecule has 210 valence electrons. The van der Waals surface area contributed by atoms with Crippen molar-refractivity contribution in [2.75, 3.05) is 0 Å². The van der Waals surface area contributed by atoms with E-state index in [4.69, 9.17) is 14.2 Å². The van der Waals surface area contributed by atoms with E-state index in [1.807, 2.05) is 25.1 Å². The summed E-state index contributed by atoms with van der Waals surface area (Å²) in [5.74, 6) is -1.50. The molecule has 3 aliphatic carbocycles. The summed E-state index contributed by atoms with van der Waals surface area (Å²) in [6, 6.07) is 8.80. The maximum absolute atomic E-state index is 13.1. The van der Waals surface area contributed by atoms with Gasteiger partial charge in [0.2, 0.25) is 0 Å². The Bertz CT molecular complexity index is 1180. The molecular formula is C32H40O7. The molecule has 1 N–H and O–H groups in total. The largest absolute Gasteiger partial charge is 0.461 e. The summed E-state index contributed by atoms with van der Waals surface area (Å²) in [7, 11) is 0. The number of aliphatic hydroxyl groups is 1. The van der Waals surface area contributed by atoms with Crippen molar-refractivity contribution >= 4 is 17.9 Å². The van der Waals surface area contributed by atoms with E-state index in [9.17, 15) is 19.5 Å². The smallest absolute Gasteiger partial charge is 0.338 e. The van der Waals surface area contributed by atoms with Crippen LogP contribution in [0.3, 0.4) is 0 Å². The first-order chi connectivity index (χ1) is 18.4. The van der Waals surface area contributed by atoms with Crippen LogP contribution in [0, 0.1) is 22.7 Å². The average Bonchev–Trinajstić information content (AvgIpc) is 3.18. The number of benzene rings is 1. The number of hydrogen-bond donors (Lipinski definition) is 1. The zero-order valence-corrected chi connectivity index (χ0v) is 23.5. The molecule has 0 aromatic heterocycles. The zero-order chi connectivity index (χ0) is 28.5. The second kappa shape index (κ2) is 11.1. The molecule has 0 aliphatic heterocycles. The average molecular weight is 537 g/mol. The molecule has 2 saturated carbocycles. The number of esters is 3. The Morgan fingerprint density at radius 3 is 2.31 bits per heavy atom. The normalized spacial score (nSPS) is 35.6. The fraction of sp³-hybridized carbons (Fsp3) is 0.531. The van der Waals surface area contributed by atoms with Gasteiger partial charge in [0.15, 0.2) is 0 Å². The molecular weight excluding hydrogens is 496 g/mol. The maximum Gasteiger partial charge on any atom is 0.338 e. The third-order valence-electron chi connectivity index (χ3n) is 9.34. The Kier molecular flexibility index (Phi) is 8.22. The molecule has 0 amide bonds. The number of rotatable bonds is 7. The van der Waals surface area contributed by atoms with Crippen LogP contribution in [0.5, 0.6) is 0 Å². The van der Waals surface area contributed by atoms with Crippen molar-refractivity contribution in [2.24, 2.45) is 22.7 Å². The lowest BCUT2D eigenvalue weighted by atomic mass is 9.45. The number of hydrogen-bond acceptors (Lipinski definition) is 7. The fourth-order valence-electron chi connectivity index (χ4n) is 7.28. The zero-order valence-electron chi connectivity index (χ0n) is 23.5. The van der Waals surface area contributed by atoms with Gasteiger partial charge in [-0.25, -0.2) is 4.79 Å². The third-order valence-corrected chi connectivity index (χ3v) is 9.34. The minimum Gasteiger partial charge on any atom is -0.461 e. The van der Waals surface area contributed by atoms with Gasteiger partial charge < -0.3 is 19.3 Å². The molecule has 4 rings (SSSR count). The van der Waals surface area contributed by atoms with Crippen molar-refractivity contribution in [3.8, 4) is 0 Å². The molecule has 0 saturated heterocycles. The van der Waals surface area contributed by atoms with Gasteiger partial charge in [0.05, 0.1) is 17.1 Å². The van der Waals surface area contributed by atoms with Gasteiger partial charge in [-0.3, -0.25) is 9.59 Å². The number of ether oxygens (including phenoxy) is 3. The molecule has 8 unspecified atom stereocenters. The van der Waals surface area contributed by atoms with Crippen LogP contribution in [0.15, 0.2) is 66.3 Å². The lowest BCUT2D eigenvalue weighted by Crippen LogP contribution is -2.63. The molecule has 1 spiro atoms. The third kappa shape index (κ3) is 5.21. The number of allylic oxidation sites excluding steroid dienone is 3. The molecule has 8 atom stereocenters. The van der Waals surface area contributed by atoms with E-state index in [2.05, 4.69) is 26.5 Å². The number of carbonyl (C=O) groups is 3. The van der Waals surface area contributed by atoms with Crippen LogP contribution in [0.1, 0.15) is 70.7 Å². The Hall–Kier alpha value is -3.19. The van der Waals surface area contributed by atoms with Crippen LogP contribution >= 0.6 is 0 Å². The molecule has 2 fully saturated rings. The summed E-state index contributed by atoms with van der Waals surface area (Å²) in [6.45, 7) is 12.9. The lowest BCUT2D eigenvalue weighted by Gasteiger charge is -2.61. The van der Waals surface area contributed by atoms with Gasteiger partial charge in [0, 0.05) is 20.3 Å². The van der Waals surface area contributed by atoms with E-state index in [0.29, 0.717) is 30.4 Å². The first-order valence-corrected chi connectivity index (χ1v) is 13.7. The highest BCUT2D eigenvalue weighted by Gasteiger charge is 2.70. The monoisotopic (exact) mass is 536 g/mol. The van der Waals surface area contributed by atoms with Crippen LogP contribution in [-0.4, -0.2) is 47.4 Å². The van der Waals surface area contributed by atoms with E-state index in [1.165, 1.54) is 13.8 Å². The van der Waals surface area contributed by atoms with Crippen molar-refractivity contribution in [1.29, 1.82) is 0 Å². The fourth-order valence-corrected chi connectivity index (χ4v) is 7.28. The minimum absolute atomic E-state index is 0.104. The Balaban J connectivity index is 1.87.